The minimum atomic E-state index is 0.592. The summed E-state index contributed by atoms with van der Waals surface area (Å²) >= 11 is 0. The molecular formula is C21H27N5. The van der Waals surface area contributed by atoms with E-state index in [-0.39, 0.29) is 0 Å². The van der Waals surface area contributed by atoms with Crippen molar-refractivity contribution in [2.24, 2.45) is 15.9 Å². The van der Waals surface area contributed by atoms with Gasteiger partial charge in [0.15, 0.2) is 0 Å². The monoisotopic (exact) mass is 349 g/mol. The lowest BCUT2D eigenvalue weighted by Gasteiger charge is -2.29. The van der Waals surface area contributed by atoms with Gasteiger partial charge in [-0.2, -0.15) is 5.10 Å². The molecule has 0 bridgehead atoms. The van der Waals surface area contributed by atoms with Crippen molar-refractivity contribution in [3.05, 3.63) is 65.2 Å². The van der Waals surface area contributed by atoms with Gasteiger partial charge in [0, 0.05) is 31.9 Å². The van der Waals surface area contributed by atoms with Gasteiger partial charge in [-0.3, -0.25) is 0 Å². The van der Waals surface area contributed by atoms with E-state index in [1.54, 1.807) is 0 Å². The highest BCUT2D eigenvalue weighted by atomic mass is 15.3. The predicted octanol–water partition coefficient (Wildman–Crippen LogP) is 2.86. The van der Waals surface area contributed by atoms with Crippen LogP contribution in [0.2, 0.25) is 0 Å². The van der Waals surface area contributed by atoms with Crippen LogP contribution in [0.15, 0.2) is 58.7 Å². The van der Waals surface area contributed by atoms with Crippen LogP contribution in [0.3, 0.4) is 0 Å². The minimum absolute atomic E-state index is 0.592. The molecule has 2 aromatic rings. The van der Waals surface area contributed by atoms with Crippen molar-refractivity contribution in [3.63, 3.8) is 0 Å². The van der Waals surface area contributed by atoms with E-state index in [2.05, 4.69) is 52.5 Å². The number of piperazine rings is 1. The zero-order valence-corrected chi connectivity index (χ0v) is 15.6. The molecule has 5 heteroatoms. The lowest BCUT2D eigenvalue weighted by molar-refractivity contribution is 0.589. The van der Waals surface area contributed by atoms with Crippen LogP contribution >= 0.6 is 0 Å². The molecule has 0 aliphatic carbocycles. The molecule has 0 unspecified atom stereocenters. The standard InChI is InChI=1S/C12H18N2.C9H9N3/c1-10-3-4-12(9-11(10)2)14-7-5-13-6-8-14;10-9-6-8(11-12-9)7-4-2-1-3-5-7/h3-4,9,13H,5-8H2,1-2H3;1-5H,6H2,(H2,10,12). The van der Waals surface area contributed by atoms with Gasteiger partial charge in [0.25, 0.3) is 0 Å². The number of hydrogen-bond donors (Lipinski definition) is 2. The molecule has 0 atom stereocenters. The van der Waals surface area contributed by atoms with Crippen molar-refractivity contribution in [1.82, 2.24) is 5.32 Å². The number of benzene rings is 2. The van der Waals surface area contributed by atoms with Gasteiger partial charge < -0.3 is 16.0 Å². The summed E-state index contributed by atoms with van der Waals surface area (Å²) in [5.74, 6) is 0.592. The Hall–Kier alpha value is -2.66. The molecule has 0 saturated carbocycles. The SMILES string of the molecule is Cc1ccc(N2CCNCC2)cc1C.NC1=NN=C(c2ccccc2)C1. The molecule has 26 heavy (non-hydrogen) atoms. The fourth-order valence-corrected chi connectivity index (χ4v) is 3.00. The average molecular weight is 349 g/mol. The van der Waals surface area contributed by atoms with E-state index in [0.717, 1.165) is 37.5 Å². The van der Waals surface area contributed by atoms with Gasteiger partial charge >= 0.3 is 0 Å². The van der Waals surface area contributed by atoms with E-state index in [1.165, 1.54) is 16.8 Å². The second kappa shape index (κ2) is 8.63. The van der Waals surface area contributed by atoms with Crippen molar-refractivity contribution in [3.8, 4) is 0 Å². The van der Waals surface area contributed by atoms with Crippen molar-refractivity contribution in [1.29, 1.82) is 0 Å². The Morgan fingerprint density at radius 3 is 2.27 bits per heavy atom. The molecule has 4 rings (SSSR count). The molecule has 5 nitrogen and oxygen atoms in total. The van der Waals surface area contributed by atoms with Crippen LogP contribution < -0.4 is 16.0 Å². The molecule has 2 heterocycles. The number of anilines is 1. The third-order valence-electron chi connectivity index (χ3n) is 4.73. The van der Waals surface area contributed by atoms with Crippen LogP contribution in [-0.4, -0.2) is 37.7 Å². The molecule has 3 N–H and O–H groups in total. The van der Waals surface area contributed by atoms with Crippen LogP contribution in [0.1, 0.15) is 23.1 Å². The summed E-state index contributed by atoms with van der Waals surface area (Å²) in [6.07, 6.45) is 0.671. The zero-order chi connectivity index (χ0) is 18.4. The van der Waals surface area contributed by atoms with E-state index in [9.17, 15) is 0 Å². The van der Waals surface area contributed by atoms with E-state index < -0.39 is 0 Å². The maximum Gasteiger partial charge on any atom is 0.128 e. The van der Waals surface area contributed by atoms with E-state index in [0.29, 0.717) is 12.3 Å². The van der Waals surface area contributed by atoms with E-state index >= 15 is 0 Å². The fourth-order valence-electron chi connectivity index (χ4n) is 3.00. The van der Waals surface area contributed by atoms with E-state index in [1.807, 2.05) is 30.3 Å². The fraction of sp³-hybridized carbons (Fsp3) is 0.333. The summed E-state index contributed by atoms with van der Waals surface area (Å²) in [5.41, 5.74) is 11.7. The lowest BCUT2D eigenvalue weighted by Crippen LogP contribution is -2.43. The molecule has 2 aliphatic heterocycles. The van der Waals surface area contributed by atoms with Gasteiger partial charge in [0.2, 0.25) is 0 Å². The maximum atomic E-state index is 5.50. The Kier molecular flexibility index (Phi) is 6.02. The average Bonchev–Trinajstić information content (AvgIpc) is 3.12. The summed E-state index contributed by atoms with van der Waals surface area (Å²) < 4.78 is 0. The van der Waals surface area contributed by atoms with Gasteiger partial charge in [0.05, 0.1) is 12.1 Å². The number of amidine groups is 1. The molecule has 136 valence electrons. The van der Waals surface area contributed by atoms with Crippen molar-refractivity contribution in [2.75, 3.05) is 31.1 Å². The number of nitrogens with one attached hydrogen (secondary N) is 1. The first-order valence-corrected chi connectivity index (χ1v) is 9.10. The van der Waals surface area contributed by atoms with Gasteiger partial charge in [-0.1, -0.05) is 36.4 Å². The highest BCUT2D eigenvalue weighted by Crippen LogP contribution is 2.18. The number of rotatable bonds is 2. The quantitative estimate of drug-likeness (QED) is 0.876. The lowest BCUT2D eigenvalue weighted by atomic mass is 10.1. The van der Waals surface area contributed by atoms with Gasteiger partial charge in [-0.25, -0.2) is 0 Å². The van der Waals surface area contributed by atoms with Crippen molar-refractivity contribution < 1.29 is 0 Å². The summed E-state index contributed by atoms with van der Waals surface area (Å²) in [7, 11) is 0. The number of nitrogens with zero attached hydrogens (tertiary/aromatic N) is 3. The Balaban J connectivity index is 0.000000152. The largest absolute Gasteiger partial charge is 0.385 e. The van der Waals surface area contributed by atoms with Crippen molar-refractivity contribution >= 4 is 17.2 Å². The normalized spacial score (nSPS) is 16.5. The summed E-state index contributed by atoms with van der Waals surface area (Å²) in [4.78, 5) is 2.45. The second-order valence-electron chi connectivity index (χ2n) is 6.69. The zero-order valence-electron chi connectivity index (χ0n) is 15.6. The topological polar surface area (TPSA) is 66.0 Å². The molecule has 2 aromatic carbocycles. The molecule has 0 spiro atoms. The Morgan fingerprint density at radius 2 is 1.65 bits per heavy atom. The highest BCUT2D eigenvalue weighted by molar-refractivity contribution is 6.13. The molecule has 0 amide bonds. The first-order valence-electron chi connectivity index (χ1n) is 9.10. The van der Waals surface area contributed by atoms with Crippen molar-refractivity contribution in [2.45, 2.75) is 20.3 Å². The van der Waals surface area contributed by atoms with Crippen LogP contribution in [0.4, 0.5) is 5.69 Å². The third-order valence-corrected chi connectivity index (χ3v) is 4.73. The smallest absolute Gasteiger partial charge is 0.128 e. The summed E-state index contributed by atoms with van der Waals surface area (Å²) in [5, 5.41) is 11.1. The first kappa shape index (κ1) is 18.1. The molecule has 2 aliphatic rings. The number of hydrogen-bond acceptors (Lipinski definition) is 5. The molecule has 0 aromatic heterocycles. The van der Waals surface area contributed by atoms with Gasteiger partial charge in [-0.15, -0.1) is 5.10 Å². The van der Waals surface area contributed by atoms with Gasteiger partial charge in [0.1, 0.15) is 5.84 Å². The second-order valence-corrected chi connectivity index (χ2v) is 6.69. The van der Waals surface area contributed by atoms with E-state index in [4.69, 9.17) is 5.73 Å². The maximum absolute atomic E-state index is 5.50. The molecule has 0 radical (unpaired) electrons. The molecular weight excluding hydrogens is 322 g/mol. The van der Waals surface area contributed by atoms with Crippen LogP contribution in [-0.2, 0) is 0 Å². The van der Waals surface area contributed by atoms with Gasteiger partial charge in [-0.05, 0) is 42.7 Å². The Labute approximate surface area is 155 Å². The summed E-state index contributed by atoms with van der Waals surface area (Å²) in [6, 6.07) is 16.7. The summed E-state index contributed by atoms with van der Waals surface area (Å²) in [6.45, 7) is 8.81. The Bertz CT molecular complexity index is 789. The number of nitrogens with two attached hydrogens (primary N) is 1. The minimum Gasteiger partial charge on any atom is -0.385 e. The predicted molar refractivity (Wildman–Crippen MR) is 110 cm³/mol. The van der Waals surface area contributed by atoms with Crippen LogP contribution in [0.25, 0.3) is 0 Å². The van der Waals surface area contributed by atoms with Crippen LogP contribution in [0, 0.1) is 13.8 Å². The first-order chi connectivity index (χ1) is 12.6. The highest BCUT2D eigenvalue weighted by Gasteiger charge is 2.11. The molecule has 1 saturated heterocycles. The Morgan fingerprint density at radius 1 is 0.923 bits per heavy atom. The number of aryl methyl sites for hydroxylation is 2. The van der Waals surface area contributed by atoms with Crippen LogP contribution in [0.5, 0.6) is 0 Å². The third kappa shape index (κ3) is 4.70. The molecule has 1 fully saturated rings.